The first-order chi connectivity index (χ1) is 7.47. The summed E-state index contributed by atoms with van der Waals surface area (Å²) in [5.41, 5.74) is 2.56. The van der Waals surface area contributed by atoms with Crippen LogP contribution in [0.5, 0.6) is 0 Å². The van der Waals surface area contributed by atoms with Crippen molar-refractivity contribution in [1.29, 1.82) is 0 Å². The molecule has 0 spiro atoms. The van der Waals surface area contributed by atoms with E-state index in [0.717, 1.165) is 10.6 Å². The summed E-state index contributed by atoms with van der Waals surface area (Å²) in [6, 6.07) is 8.39. The number of halogens is 1. The van der Waals surface area contributed by atoms with Gasteiger partial charge in [-0.15, -0.1) is 10.2 Å². The summed E-state index contributed by atoms with van der Waals surface area (Å²) in [4.78, 5) is 0. The van der Waals surface area contributed by atoms with Gasteiger partial charge in [0.1, 0.15) is 5.01 Å². The molecule has 4 heteroatoms. The van der Waals surface area contributed by atoms with Gasteiger partial charge >= 0.3 is 0 Å². The summed E-state index contributed by atoms with van der Waals surface area (Å²) in [7, 11) is 0. The second kappa shape index (κ2) is 4.15. The Morgan fingerprint density at radius 2 is 1.69 bits per heavy atom. The highest BCUT2D eigenvalue weighted by Gasteiger charge is 2.13. The molecule has 0 atom stereocenters. The number of hydrogen-bond donors (Lipinski definition) is 0. The van der Waals surface area contributed by atoms with E-state index in [1.807, 2.05) is 0 Å². The lowest BCUT2D eigenvalue weighted by Gasteiger charge is -2.18. The zero-order chi connectivity index (χ0) is 11.8. The minimum Gasteiger partial charge on any atom is -0.137 e. The molecule has 0 aliphatic rings. The molecule has 0 bridgehead atoms. The predicted molar refractivity (Wildman–Crippen MR) is 69.1 cm³/mol. The van der Waals surface area contributed by atoms with Gasteiger partial charge in [0.2, 0.25) is 4.47 Å². The molecule has 0 saturated heterocycles. The summed E-state index contributed by atoms with van der Waals surface area (Å²) in [6.07, 6.45) is 0. The maximum absolute atomic E-state index is 5.76. The standard InChI is InChI=1S/C12H13ClN2S/c1-12(2,3)9-6-4-8(5-7-9)10-14-15-11(13)16-10/h4-7H,1-3H3. The van der Waals surface area contributed by atoms with Gasteiger partial charge in [0.05, 0.1) is 0 Å². The molecule has 0 N–H and O–H groups in total. The first-order valence-corrected chi connectivity index (χ1v) is 6.26. The fraction of sp³-hybridized carbons (Fsp3) is 0.333. The molecule has 1 heterocycles. The van der Waals surface area contributed by atoms with E-state index >= 15 is 0 Å². The van der Waals surface area contributed by atoms with Crippen molar-refractivity contribution >= 4 is 22.9 Å². The second-order valence-electron chi connectivity index (χ2n) is 4.69. The van der Waals surface area contributed by atoms with Crippen molar-refractivity contribution in [3.8, 4) is 10.6 Å². The molecule has 84 valence electrons. The molecule has 0 aliphatic heterocycles. The Hall–Kier alpha value is -0.930. The Balaban J connectivity index is 2.33. The van der Waals surface area contributed by atoms with Crippen LogP contribution >= 0.6 is 22.9 Å². The summed E-state index contributed by atoms with van der Waals surface area (Å²) in [5, 5.41) is 8.68. The first kappa shape index (κ1) is 11.6. The molecule has 2 rings (SSSR count). The first-order valence-electron chi connectivity index (χ1n) is 5.07. The SMILES string of the molecule is CC(C)(C)c1ccc(-c2nnc(Cl)s2)cc1. The van der Waals surface area contributed by atoms with Crippen LogP contribution < -0.4 is 0 Å². The molecule has 0 radical (unpaired) electrons. The van der Waals surface area contributed by atoms with Gasteiger partial charge < -0.3 is 0 Å². The van der Waals surface area contributed by atoms with Crippen LogP contribution in [0.25, 0.3) is 10.6 Å². The summed E-state index contributed by atoms with van der Waals surface area (Å²) >= 11 is 7.16. The van der Waals surface area contributed by atoms with Crippen molar-refractivity contribution in [1.82, 2.24) is 10.2 Å². The zero-order valence-electron chi connectivity index (χ0n) is 9.49. The average molecular weight is 253 g/mol. The van der Waals surface area contributed by atoms with Gasteiger partial charge in [-0.3, -0.25) is 0 Å². The number of nitrogens with zero attached hydrogens (tertiary/aromatic N) is 2. The van der Waals surface area contributed by atoms with Crippen molar-refractivity contribution in [3.63, 3.8) is 0 Å². The third-order valence-corrected chi connectivity index (χ3v) is 3.47. The maximum Gasteiger partial charge on any atom is 0.207 e. The van der Waals surface area contributed by atoms with Crippen LogP contribution in [0.15, 0.2) is 24.3 Å². The van der Waals surface area contributed by atoms with Crippen LogP contribution in [0.3, 0.4) is 0 Å². The van der Waals surface area contributed by atoms with E-state index < -0.39 is 0 Å². The van der Waals surface area contributed by atoms with Crippen molar-refractivity contribution < 1.29 is 0 Å². The highest BCUT2D eigenvalue weighted by Crippen LogP contribution is 2.28. The van der Waals surface area contributed by atoms with Gasteiger partial charge in [-0.1, -0.05) is 56.4 Å². The van der Waals surface area contributed by atoms with Crippen LogP contribution in [0.2, 0.25) is 4.47 Å². The van der Waals surface area contributed by atoms with E-state index in [2.05, 4.69) is 55.2 Å². The maximum atomic E-state index is 5.76. The molecule has 16 heavy (non-hydrogen) atoms. The van der Waals surface area contributed by atoms with Crippen LogP contribution in [-0.2, 0) is 5.41 Å². The van der Waals surface area contributed by atoms with Crippen LogP contribution in [0.4, 0.5) is 0 Å². The third kappa shape index (κ3) is 2.42. The predicted octanol–water partition coefficient (Wildman–Crippen LogP) is 4.16. The molecule has 0 saturated carbocycles. The molecule has 0 unspecified atom stereocenters. The second-order valence-corrected chi connectivity index (χ2v) is 6.25. The van der Waals surface area contributed by atoms with Crippen LogP contribution in [-0.4, -0.2) is 10.2 Å². The number of hydrogen-bond acceptors (Lipinski definition) is 3. The Labute approximate surface area is 104 Å². The Kier molecular flexibility index (Phi) is 3.00. The van der Waals surface area contributed by atoms with Crippen molar-refractivity contribution in [2.24, 2.45) is 0 Å². The highest BCUT2D eigenvalue weighted by molar-refractivity contribution is 7.18. The minimum absolute atomic E-state index is 0.178. The average Bonchev–Trinajstić information content (AvgIpc) is 2.64. The third-order valence-electron chi connectivity index (χ3n) is 2.40. The van der Waals surface area contributed by atoms with Crippen molar-refractivity contribution in [2.45, 2.75) is 26.2 Å². The van der Waals surface area contributed by atoms with E-state index in [-0.39, 0.29) is 5.41 Å². The smallest absolute Gasteiger partial charge is 0.137 e. The van der Waals surface area contributed by atoms with Crippen LogP contribution in [0.1, 0.15) is 26.3 Å². The van der Waals surface area contributed by atoms with E-state index in [1.54, 1.807) is 0 Å². The Morgan fingerprint density at radius 3 is 2.12 bits per heavy atom. The lowest BCUT2D eigenvalue weighted by Crippen LogP contribution is -2.10. The number of rotatable bonds is 1. The zero-order valence-corrected chi connectivity index (χ0v) is 11.1. The van der Waals surface area contributed by atoms with E-state index in [9.17, 15) is 0 Å². The molecule has 1 aromatic heterocycles. The highest BCUT2D eigenvalue weighted by atomic mass is 35.5. The van der Waals surface area contributed by atoms with Crippen molar-refractivity contribution in [3.05, 3.63) is 34.3 Å². The van der Waals surface area contributed by atoms with Gasteiger partial charge in [-0.25, -0.2) is 0 Å². The Morgan fingerprint density at radius 1 is 1.06 bits per heavy atom. The van der Waals surface area contributed by atoms with E-state index in [1.165, 1.54) is 16.9 Å². The lowest BCUT2D eigenvalue weighted by atomic mass is 9.87. The number of aromatic nitrogens is 2. The Bertz CT molecular complexity index is 482. The number of benzene rings is 1. The molecule has 0 aliphatic carbocycles. The van der Waals surface area contributed by atoms with Gasteiger partial charge in [0.15, 0.2) is 0 Å². The monoisotopic (exact) mass is 252 g/mol. The fourth-order valence-electron chi connectivity index (χ4n) is 1.43. The largest absolute Gasteiger partial charge is 0.207 e. The molecular formula is C12H13ClN2S. The summed E-state index contributed by atoms with van der Waals surface area (Å²) in [5.74, 6) is 0. The molecule has 0 amide bonds. The van der Waals surface area contributed by atoms with Gasteiger partial charge in [-0.2, -0.15) is 0 Å². The van der Waals surface area contributed by atoms with Crippen molar-refractivity contribution in [2.75, 3.05) is 0 Å². The minimum atomic E-state index is 0.178. The normalized spacial score (nSPS) is 11.8. The molecule has 1 aromatic carbocycles. The fourth-order valence-corrected chi connectivity index (χ4v) is 2.27. The van der Waals surface area contributed by atoms with E-state index in [0.29, 0.717) is 4.47 Å². The lowest BCUT2D eigenvalue weighted by molar-refractivity contribution is 0.590. The molecular weight excluding hydrogens is 240 g/mol. The topological polar surface area (TPSA) is 25.8 Å². The van der Waals surface area contributed by atoms with Gasteiger partial charge in [0.25, 0.3) is 0 Å². The van der Waals surface area contributed by atoms with Gasteiger partial charge in [-0.05, 0) is 22.6 Å². The molecule has 2 aromatic rings. The molecule has 2 nitrogen and oxygen atoms in total. The quantitative estimate of drug-likeness (QED) is 0.762. The summed E-state index contributed by atoms with van der Waals surface area (Å²) < 4.78 is 0.481. The van der Waals surface area contributed by atoms with Crippen LogP contribution in [0, 0.1) is 0 Å². The summed E-state index contributed by atoms with van der Waals surface area (Å²) in [6.45, 7) is 6.59. The van der Waals surface area contributed by atoms with Gasteiger partial charge in [0, 0.05) is 5.56 Å². The van der Waals surface area contributed by atoms with E-state index in [4.69, 9.17) is 11.6 Å². The molecule has 0 fully saturated rings.